The van der Waals surface area contributed by atoms with Crippen LogP contribution in [0, 0.1) is 0 Å². The Kier molecular flexibility index (Phi) is 4.54. The van der Waals surface area contributed by atoms with Crippen LogP contribution in [0.1, 0.15) is 5.82 Å². The number of nitrogens with zero attached hydrogens (tertiary/aromatic N) is 3. The number of imidazole rings is 1. The minimum absolute atomic E-state index is 0.0219. The van der Waals surface area contributed by atoms with E-state index in [2.05, 4.69) is 9.55 Å². The Morgan fingerprint density at radius 3 is 2.70 bits per heavy atom. The number of carbonyl (C=O) groups excluding carboxylic acids is 2. The Morgan fingerprint density at radius 1 is 1.11 bits per heavy atom. The number of aromatic nitrogens is 2. The molecule has 1 aromatic heterocycles. The summed E-state index contributed by atoms with van der Waals surface area (Å²) in [5, 5.41) is 0. The zero-order valence-corrected chi connectivity index (χ0v) is 15.1. The lowest BCUT2D eigenvalue weighted by atomic mass is 10.1. The molecule has 1 aromatic carbocycles. The van der Waals surface area contributed by atoms with Gasteiger partial charge >= 0.3 is 11.9 Å². The van der Waals surface area contributed by atoms with Crippen LogP contribution in [-0.2, 0) is 41.7 Å². The molecular weight excluding hydrogens is 354 g/mol. The van der Waals surface area contributed by atoms with Gasteiger partial charge in [0, 0.05) is 12.2 Å². The molecule has 0 amide bonds. The molecule has 2 aliphatic heterocycles. The molecule has 4 rings (SSSR count). The van der Waals surface area contributed by atoms with E-state index in [4.69, 9.17) is 18.9 Å². The summed E-state index contributed by atoms with van der Waals surface area (Å²) in [6.45, 7) is 1.95. The minimum Gasteiger partial charge on any atom is -0.466 e. The molecule has 2 aromatic rings. The van der Waals surface area contributed by atoms with E-state index < -0.39 is 11.9 Å². The summed E-state index contributed by atoms with van der Waals surface area (Å²) in [5.74, 6) is -0.394. The predicted molar refractivity (Wildman–Crippen MR) is 93.7 cm³/mol. The van der Waals surface area contributed by atoms with Crippen LogP contribution in [-0.4, -0.2) is 55.7 Å². The van der Waals surface area contributed by atoms with E-state index in [1.165, 1.54) is 14.2 Å². The molecule has 0 fully saturated rings. The van der Waals surface area contributed by atoms with Crippen LogP contribution in [0.5, 0.6) is 0 Å². The molecule has 9 heteroatoms. The van der Waals surface area contributed by atoms with Crippen molar-refractivity contribution >= 4 is 28.7 Å². The fourth-order valence-electron chi connectivity index (χ4n) is 3.36. The lowest BCUT2D eigenvalue weighted by Gasteiger charge is -2.31. The Labute approximate surface area is 155 Å². The maximum absolute atomic E-state index is 12.4. The molecule has 2 aliphatic rings. The zero-order chi connectivity index (χ0) is 19.0. The van der Waals surface area contributed by atoms with Gasteiger partial charge in [0.25, 0.3) is 0 Å². The van der Waals surface area contributed by atoms with Crippen molar-refractivity contribution in [2.24, 2.45) is 0 Å². The van der Waals surface area contributed by atoms with Crippen molar-refractivity contribution < 1.29 is 28.5 Å². The van der Waals surface area contributed by atoms with Gasteiger partial charge in [-0.1, -0.05) is 0 Å². The molecule has 0 bridgehead atoms. The second-order valence-electron chi connectivity index (χ2n) is 6.12. The standard InChI is InChI=1S/C18H19N3O6/c1-24-17(22)12-8-27-10-21(16(12)18(23)25-2)11-3-4-14-13(7-11)19-15-9-26-6-5-20(14)15/h3-4,7H,5-6,8-10H2,1-2H3. The maximum atomic E-state index is 12.4. The molecule has 3 heterocycles. The van der Waals surface area contributed by atoms with Gasteiger partial charge in [0.15, 0.2) is 0 Å². The first-order valence-electron chi connectivity index (χ1n) is 8.46. The smallest absolute Gasteiger partial charge is 0.355 e. The summed E-state index contributed by atoms with van der Waals surface area (Å²) < 4.78 is 22.7. The number of carbonyl (C=O) groups is 2. The van der Waals surface area contributed by atoms with Gasteiger partial charge in [-0.25, -0.2) is 14.6 Å². The number of hydrogen-bond acceptors (Lipinski definition) is 8. The van der Waals surface area contributed by atoms with Crippen LogP contribution >= 0.6 is 0 Å². The van der Waals surface area contributed by atoms with Gasteiger partial charge in [0.1, 0.15) is 24.9 Å². The summed E-state index contributed by atoms with van der Waals surface area (Å²) in [6.07, 6.45) is 0. The molecular formula is C18H19N3O6. The summed E-state index contributed by atoms with van der Waals surface area (Å²) in [5.41, 5.74) is 2.67. The highest BCUT2D eigenvalue weighted by Gasteiger charge is 2.32. The molecule has 0 atom stereocenters. The van der Waals surface area contributed by atoms with Gasteiger partial charge < -0.3 is 28.4 Å². The van der Waals surface area contributed by atoms with Crippen LogP contribution in [0.15, 0.2) is 29.5 Å². The molecule has 0 saturated heterocycles. The highest BCUT2D eigenvalue weighted by atomic mass is 16.5. The van der Waals surface area contributed by atoms with Gasteiger partial charge in [-0.3, -0.25) is 0 Å². The van der Waals surface area contributed by atoms with Crippen LogP contribution < -0.4 is 4.90 Å². The van der Waals surface area contributed by atoms with E-state index in [1.807, 2.05) is 18.2 Å². The van der Waals surface area contributed by atoms with Crippen molar-refractivity contribution in [2.45, 2.75) is 13.2 Å². The topological polar surface area (TPSA) is 92.1 Å². The largest absolute Gasteiger partial charge is 0.466 e. The van der Waals surface area contributed by atoms with Crippen molar-refractivity contribution in [3.05, 3.63) is 35.3 Å². The van der Waals surface area contributed by atoms with E-state index in [-0.39, 0.29) is 24.6 Å². The van der Waals surface area contributed by atoms with Crippen LogP contribution in [0.25, 0.3) is 11.0 Å². The van der Waals surface area contributed by atoms with Crippen molar-refractivity contribution in [3.63, 3.8) is 0 Å². The van der Waals surface area contributed by atoms with Crippen molar-refractivity contribution in [3.8, 4) is 0 Å². The van der Waals surface area contributed by atoms with Crippen LogP contribution in [0.3, 0.4) is 0 Å². The van der Waals surface area contributed by atoms with Crippen molar-refractivity contribution in [1.82, 2.24) is 9.55 Å². The summed E-state index contributed by atoms with van der Waals surface area (Å²) in [7, 11) is 2.53. The molecule has 0 saturated carbocycles. The van der Waals surface area contributed by atoms with Crippen molar-refractivity contribution in [1.29, 1.82) is 0 Å². The van der Waals surface area contributed by atoms with Gasteiger partial charge in [0.05, 0.1) is 44.0 Å². The van der Waals surface area contributed by atoms with Crippen LogP contribution in [0.2, 0.25) is 0 Å². The lowest BCUT2D eigenvalue weighted by molar-refractivity contribution is -0.140. The van der Waals surface area contributed by atoms with E-state index >= 15 is 0 Å². The second kappa shape index (κ2) is 7.01. The third-order valence-electron chi connectivity index (χ3n) is 4.65. The fourth-order valence-corrected chi connectivity index (χ4v) is 3.36. The molecule has 0 N–H and O–H groups in total. The Morgan fingerprint density at radius 2 is 1.93 bits per heavy atom. The lowest BCUT2D eigenvalue weighted by Crippen LogP contribution is -2.38. The number of esters is 2. The normalized spacial score (nSPS) is 17.0. The average molecular weight is 373 g/mol. The Bertz CT molecular complexity index is 948. The van der Waals surface area contributed by atoms with Crippen molar-refractivity contribution in [2.75, 3.05) is 39.1 Å². The maximum Gasteiger partial charge on any atom is 0.355 e. The first kappa shape index (κ1) is 17.5. The number of hydrogen-bond donors (Lipinski definition) is 0. The first-order valence-corrected chi connectivity index (χ1v) is 8.46. The zero-order valence-electron chi connectivity index (χ0n) is 15.1. The quantitative estimate of drug-likeness (QED) is 0.735. The van der Waals surface area contributed by atoms with Gasteiger partial charge in [-0.15, -0.1) is 0 Å². The van der Waals surface area contributed by atoms with E-state index in [0.29, 0.717) is 18.9 Å². The Balaban J connectivity index is 1.80. The number of benzene rings is 1. The van der Waals surface area contributed by atoms with Gasteiger partial charge in [-0.2, -0.15) is 0 Å². The van der Waals surface area contributed by atoms with E-state index in [9.17, 15) is 9.59 Å². The first-order chi connectivity index (χ1) is 13.1. The van der Waals surface area contributed by atoms with Gasteiger partial charge in [-0.05, 0) is 18.2 Å². The summed E-state index contributed by atoms with van der Waals surface area (Å²) in [4.78, 5) is 30.7. The fraction of sp³-hybridized carbons (Fsp3) is 0.389. The predicted octanol–water partition coefficient (Wildman–Crippen LogP) is 0.961. The van der Waals surface area contributed by atoms with Crippen LogP contribution in [0.4, 0.5) is 5.69 Å². The SMILES string of the molecule is COC(=O)C1=C(C(=O)OC)N(c2ccc3c(c2)nc2n3CCOC2)COC1. The monoisotopic (exact) mass is 373 g/mol. The third kappa shape index (κ3) is 2.94. The molecule has 0 radical (unpaired) electrons. The molecule has 27 heavy (non-hydrogen) atoms. The average Bonchev–Trinajstić information content (AvgIpc) is 3.09. The number of rotatable bonds is 3. The number of methoxy groups -OCH3 is 2. The molecule has 0 unspecified atom stereocenters. The number of fused-ring (bicyclic) bond motifs is 3. The molecule has 142 valence electrons. The third-order valence-corrected chi connectivity index (χ3v) is 4.65. The summed E-state index contributed by atoms with van der Waals surface area (Å²) in [6, 6.07) is 5.65. The number of ether oxygens (including phenoxy) is 4. The van der Waals surface area contributed by atoms with Gasteiger partial charge in [0.2, 0.25) is 0 Å². The molecule has 0 aliphatic carbocycles. The number of anilines is 1. The van der Waals surface area contributed by atoms with E-state index in [0.717, 1.165) is 23.4 Å². The molecule has 0 spiro atoms. The second-order valence-corrected chi connectivity index (χ2v) is 6.12. The van der Waals surface area contributed by atoms with E-state index in [1.54, 1.807) is 4.90 Å². The molecule has 9 nitrogen and oxygen atoms in total. The highest BCUT2D eigenvalue weighted by Crippen LogP contribution is 2.30. The summed E-state index contributed by atoms with van der Waals surface area (Å²) >= 11 is 0. The highest BCUT2D eigenvalue weighted by molar-refractivity contribution is 6.03. The Hall–Kier alpha value is -2.91. The minimum atomic E-state index is -0.629.